The Hall–Kier alpha value is -0.320. The summed E-state index contributed by atoms with van der Waals surface area (Å²) in [7, 11) is 0. The Morgan fingerprint density at radius 1 is 1.43 bits per heavy atom. The summed E-state index contributed by atoms with van der Waals surface area (Å²) < 4.78 is 2.68. The Morgan fingerprint density at radius 3 is 2.86 bits per heavy atom. The second kappa shape index (κ2) is 4.47. The zero-order valence-corrected chi connectivity index (χ0v) is 10.2. The van der Waals surface area contributed by atoms with Crippen molar-refractivity contribution in [1.82, 2.24) is 4.57 Å². The zero-order valence-electron chi connectivity index (χ0n) is 8.08. The number of hydrogen-bond acceptors (Lipinski definition) is 1. The third-order valence-corrected chi connectivity index (χ3v) is 3.72. The molecule has 1 fully saturated rings. The maximum absolute atomic E-state index is 11.7. The number of pyridine rings is 1. The number of hydrogen-bond donors (Lipinski definition) is 0. The third-order valence-electron chi connectivity index (χ3n) is 2.90. The minimum absolute atomic E-state index is 0.167. The molecule has 0 aromatic carbocycles. The molecule has 0 spiro atoms. The van der Waals surface area contributed by atoms with Crippen molar-refractivity contribution in [3.63, 3.8) is 0 Å². The summed E-state index contributed by atoms with van der Waals surface area (Å²) >= 11 is 2.10. The van der Waals surface area contributed by atoms with Gasteiger partial charge in [0.15, 0.2) is 0 Å². The van der Waals surface area contributed by atoms with Crippen molar-refractivity contribution in [2.75, 3.05) is 0 Å². The molecule has 1 heterocycles. The van der Waals surface area contributed by atoms with E-state index in [9.17, 15) is 4.79 Å². The molecule has 0 unspecified atom stereocenters. The van der Waals surface area contributed by atoms with Crippen LogP contribution in [0.25, 0.3) is 0 Å². The molecule has 2 rings (SSSR count). The van der Waals surface area contributed by atoms with Crippen LogP contribution in [0, 0.1) is 9.49 Å². The first-order valence-electron chi connectivity index (χ1n) is 5.12. The number of halogens is 1. The standard InChI is InChI=1S/C11H14INO/c12-10-6-3-7-13(11(10)14)8-9-4-1-2-5-9/h3,6-7,9H,1-2,4-5,8H2. The van der Waals surface area contributed by atoms with Crippen molar-refractivity contribution in [2.45, 2.75) is 32.2 Å². The molecule has 3 heteroatoms. The lowest BCUT2D eigenvalue weighted by Gasteiger charge is -2.11. The van der Waals surface area contributed by atoms with Crippen LogP contribution in [0.2, 0.25) is 0 Å². The molecule has 0 atom stereocenters. The van der Waals surface area contributed by atoms with Crippen LogP contribution < -0.4 is 5.56 Å². The fourth-order valence-electron chi connectivity index (χ4n) is 2.12. The molecule has 1 aliphatic rings. The van der Waals surface area contributed by atoms with E-state index in [1.54, 1.807) is 0 Å². The molecule has 0 aliphatic heterocycles. The average molecular weight is 303 g/mol. The van der Waals surface area contributed by atoms with Gasteiger partial charge in [-0.05, 0) is 53.5 Å². The summed E-state index contributed by atoms with van der Waals surface area (Å²) in [5.74, 6) is 0.728. The smallest absolute Gasteiger partial charge is 0.263 e. The molecular weight excluding hydrogens is 289 g/mol. The maximum Gasteiger partial charge on any atom is 0.263 e. The Bertz CT molecular complexity index is 366. The summed E-state index contributed by atoms with van der Waals surface area (Å²) in [6.45, 7) is 0.912. The van der Waals surface area contributed by atoms with E-state index in [4.69, 9.17) is 0 Å². The van der Waals surface area contributed by atoms with Crippen LogP contribution in [0.5, 0.6) is 0 Å². The van der Waals surface area contributed by atoms with Gasteiger partial charge in [0.2, 0.25) is 0 Å². The van der Waals surface area contributed by atoms with Gasteiger partial charge in [0.05, 0.1) is 3.57 Å². The lowest BCUT2D eigenvalue weighted by molar-refractivity contribution is 0.448. The molecule has 1 aliphatic carbocycles. The Morgan fingerprint density at radius 2 is 2.14 bits per heavy atom. The fraction of sp³-hybridized carbons (Fsp3) is 0.545. The highest BCUT2D eigenvalue weighted by molar-refractivity contribution is 14.1. The molecule has 0 saturated heterocycles. The van der Waals surface area contributed by atoms with E-state index in [-0.39, 0.29) is 5.56 Å². The minimum atomic E-state index is 0.167. The van der Waals surface area contributed by atoms with Crippen molar-refractivity contribution in [1.29, 1.82) is 0 Å². The molecule has 0 N–H and O–H groups in total. The summed E-state index contributed by atoms with van der Waals surface area (Å²) in [5, 5.41) is 0. The van der Waals surface area contributed by atoms with Gasteiger partial charge < -0.3 is 4.57 Å². The third kappa shape index (κ3) is 2.19. The van der Waals surface area contributed by atoms with Gasteiger partial charge in [-0.3, -0.25) is 4.79 Å². The number of rotatable bonds is 2. The van der Waals surface area contributed by atoms with Crippen molar-refractivity contribution in [2.24, 2.45) is 5.92 Å². The van der Waals surface area contributed by atoms with E-state index in [1.807, 2.05) is 22.9 Å². The van der Waals surface area contributed by atoms with Crippen molar-refractivity contribution in [3.05, 3.63) is 32.3 Å². The average Bonchev–Trinajstić information content (AvgIpc) is 2.66. The van der Waals surface area contributed by atoms with E-state index in [1.165, 1.54) is 25.7 Å². The molecule has 1 saturated carbocycles. The fourth-order valence-corrected chi connectivity index (χ4v) is 2.64. The van der Waals surface area contributed by atoms with Crippen LogP contribution in [-0.2, 0) is 6.54 Å². The van der Waals surface area contributed by atoms with Gasteiger partial charge in [0, 0.05) is 12.7 Å². The molecule has 0 amide bonds. The summed E-state index contributed by atoms with van der Waals surface area (Å²) in [6, 6.07) is 3.83. The number of nitrogens with zero attached hydrogens (tertiary/aromatic N) is 1. The van der Waals surface area contributed by atoms with Gasteiger partial charge >= 0.3 is 0 Å². The summed E-state index contributed by atoms with van der Waals surface area (Å²) in [6.07, 6.45) is 7.16. The van der Waals surface area contributed by atoms with Crippen LogP contribution in [0.4, 0.5) is 0 Å². The molecule has 2 nitrogen and oxygen atoms in total. The maximum atomic E-state index is 11.7. The van der Waals surface area contributed by atoms with Crippen LogP contribution in [0.3, 0.4) is 0 Å². The molecule has 76 valence electrons. The van der Waals surface area contributed by atoms with Crippen molar-refractivity contribution < 1.29 is 0 Å². The highest BCUT2D eigenvalue weighted by Crippen LogP contribution is 2.25. The van der Waals surface area contributed by atoms with E-state index in [0.29, 0.717) is 0 Å². The lowest BCUT2D eigenvalue weighted by atomic mass is 10.1. The van der Waals surface area contributed by atoms with E-state index in [0.717, 1.165) is 16.0 Å². The first-order chi connectivity index (χ1) is 6.77. The predicted molar refractivity (Wildman–Crippen MR) is 65.4 cm³/mol. The van der Waals surface area contributed by atoms with Crippen LogP contribution in [0.1, 0.15) is 25.7 Å². The van der Waals surface area contributed by atoms with Gasteiger partial charge in [0.25, 0.3) is 5.56 Å². The molecule has 14 heavy (non-hydrogen) atoms. The highest BCUT2D eigenvalue weighted by Gasteiger charge is 2.15. The molecule has 1 aromatic heterocycles. The first-order valence-corrected chi connectivity index (χ1v) is 6.20. The summed E-state index contributed by atoms with van der Waals surface area (Å²) in [5.41, 5.74) is 0.167. The van der Waals surface area contributed by atoms with Gasteiger partial charge in [0.1, 0.15) is 0 Å². The first kappa shape index (κ1) is 10.2. The Balaban J connectivity index is 2.16. The molecular formula is C11H14INO. The highest BCUT2D eigenvalue weighted by atomic mass is 127. The van der Waals surface area contributed by atoms with Gasteiger partial charge in [-0.2, -0.15) is 0 Å². The predicted octanol–water partition coefficient (Wildman–Crippen LogP) is 2.64. The van der Waals surface area contributed by atoms with Crippen molar-refractivity contribution >= 4 is 22.6 Å². The second-order valence-electron chi connectivity index (χ2n) is 3.96. The quantitative estimate of drug-likeness (QED) is 0.770. The number of aromatic nitrogens is 1. The largest absolute Gasteiger partial charge is 0.314 e. The molecule has 0 radical (unpaired) electrons. The molecule has 0 bridgehead atoms. The zero-order chi connectivity index (χ0) is 9.97. The van der Waals surface area contributed by atoms with Crippen molar-refractivity contribution in [3.8, 4) is 0 Å². The lowest BCUT2D eigenvalue weighted by Crippen LogP contribution is -2.24. The van der Waals surface area contributed by atoms with E-state index in [2.05, 4.69) is 22.6 Å². The van der Waals surface area contributed by atoms with E-state index < -0.39 is 0 Å². The SMILES string of the molecule is O=c1c(I)cccn1CC1CCCC1. The minimum Gasteiger partial charge on any atom is -0.314 e. The van der Waals surface area contributed by atoms with Crippen LogP contribution in [0.15, 0.2) is 23.1 Å². The van der Waals surface area contributed by atoms with Gasteiger partial charge in [-0.1, -0.05) is 12.8 Å². The Kier molecular flexibility index (Phi) is 3.26. The topological polar surface area (TPSA) is 22.0 Å². The van der Waals surface area contributed by atoms with Gasteiger partial charge in [-0.25, -0.2) is 0 Å². The molecule has 1 aromatic rings. The normalized spacial score (nSPS) is 17.5. The van der Waals surface area contributed by atoms with E-state index >= 15 is 0 Å². The second-order valence-corrected chi connectivity index (χ2v) is 5.13. The Labute approximate surface area is 97.5 Å². The van der Waals surface area contributed by atoms with Gasteiger partial charge in [-0.15, -0.1) is 0 Å². The van der Waals surface area contributed by atoms with Crippen LogP contribution >= 0.6 is 22.6 Å². The summed E-state index contributed by atoms with van der Waals surface area (Å²) in [4.78, 5) is 11.7. The van der Waals surface area contributed by atoms with Crippen LogP contribution in [-0.4, -0.2) is 4.57 Å². The monoisotopic (exact) mass is 303 g/mol.